The third-order valence-corrected chi connectivity index (χ3v) is 5.23. The third kappa shape index (κ3) is 4.53. The van der Waals surface area contributed by atoms with Gasteiger partial charge in [0.2, 0.25) is 0 Å². The van der Waals surface area contributed by atoms with E-state index in [0.717, 1.165) is 22.6 Å². The quantitative estimate of drug-likeness (QED) is 0.775. The fourth-order valence-electron chi connectivity index (χ4n) is 3.33. The number of amides is 1. The van der Waals surface area contributed by atoms with Gasteiger partial charge in [-0.3, -0.25) is 4.79 Å². The number of carbonyl (C=O) groups is 1. The van der Waals surface area contributed by atoms with Crippen LogP contribution in [0.4, 0.5) is 0 Å². The van der Waals surface area contributed by atoms with Crippen LogP contribution in [0.15, 0.2) is 36.4 Å². The number of benzene rings is 2. The van der Waals surface area contributed by atoms with E-state index < -0.39 is 11.7 Å². The van der Waals surface area contributed by atoms with E-state index in [1.54, 1.807) is 26.2 Å². The van der Waals surface area contributed by atoms with Gasteiger partial charge in [-0.25, -0.2) is 0 Å². The zero-order valence-electron chi connectivity index (χ0n) is 16.8. The first-order chi connectivity index (χ1) is 13.2. The number of hydrogen-bond donors (Lipinski definition) is 1. The Morgan fingerprint density at radius 1 is 1.25 bits per heavy atom. The molecule has 1 amide bonds. The number of methoxy groups -OCH3 is 1. The predicted molar refractivity (Wildman–Crippen MR) is 109 cm³/mol. The van der Waals surface area contributed by atoms with Crippen LogP contribution in [-0.4, -0.2) is 24.7 Å². The fourth-order valence-corrected chi connectivity index (χ4v) is 3.44. The zero-order chi connectivity index (χ0) is 20.5. The minimum absolute atomic E-state index is 0.191. The maximum atomic E-state index is 12.8. The second-order valence-corrected chi connectivity index (χ2v) is 8.11. The van der Waals surface area contributed by atoms with Gasteiger partial charge < -0.3 is 19.5 Å². The first-order valence-electron chi connectivity index (χ1n) is 9.28. The molecule has 0 saturated heterocycles. The Morgan fingerprint density at radius 3 is 2.64 bits per heavy atom. The molecule has 1 heterocycles. The van der Waals surface area contributed by atoms with Crippen molar-refractivity contribution in [3.8, 4) is 17.2 Å². The molecule has 0 bridgehead atoms. The fraction of sp³-hybridized carbons (Fsp3) is 0.409. The van der Waals surface area contributed by atoms with E-state index >= 15 is 0 Å². The summed E-state index contributed by atoms with van der Waals surface area (Å²) in [7, 11) is 1.62. The highest BCUT2D eigenvalue weighted by atomic mass is 35.5. The Labute approximate surface area is 170 Å². The normalized spacial score (nSPS) is 18.4. The molecule has 150 valence electrons. The van der Waals surface area contributed by atoms with Gasteiger partial charge in [-0.15, -0.1) is 0 Å². The molecule has 2 aromatic carbocycles. The second kappa shape index (κ2) is 7.92. The van der Waals surface area contributed by atoms with E-state index in [-0.39, 0.29) is 11.9 Å². The van der Waals surface area contributed by atoms with Crippen molar-refractivity contribution < 1.29 is 19.0 Å². The number of rotatable bonds is 5. The zero-order valence-corrected chi connectivity index (χ0v) is 17.6. The van der Waals surface area contributed by atoms with Gasteiger partial charge in [-0.1, -0.05) is 11.6 Å². The number of hydrogen-bond acceptors (Lipinski definition) is 4. The molecule has 0 saturated carbocycles. The van der Waals surface area contributed by atoms with Crippen molar-refractivity contribution in [3.63, 3.8) is 0 Å². The van der Waals surface area contributed by atoms with Crippen molar-refractivity contribution in [3.05, 3.63) is 52.5 Å². The molecule has 0 unspecified atom stereocenters. The summed E-state index contributed by atoms with van der Waals surface area (Å²) >= 11 is 6.05. The van der Waals surface area contributed by atoms with Crippen LogP contribution < -0.4 is 19.5 Å². The van der Waals surface area contributed by atoms with Crippen LogP contribution in [0.3, 0.4) is 0 Å². The number of ether oxygens (including phenoxy) is 3. The molecule has 0 radical (unpaired) electrons. The molecule has 0 spiro atoms. The smallest absolute Gasteiger partial charge is 0.261 e. The maximum absolute atomic E-state index is 12.8. The molecule has 28 heavy (non-hydrogen) atoms. The molecule has 2 atom stereocenters. The van der Waals surface area contributed by atoms with Crippen LogP contribution in [0.25, 0.3) is 0 Å². The SMILES string of the molecule is COc1ccc2c(c1)[C@H](NC(=O)[C@H](C)Oc1ccc(Cl)c(C)c1)CC(C)(C)O2. The first-order valence-corrected chi connectivity index (χ1v) is 9.66. The molecule has 2 aromatic rings. The molecule has 1 aliphatic rings. The van der Waals surface area contributed by atoms with E-state index in [1.165, 1.54) is 0 Å². The average molecular weight is 404 g/mol. The number of aryl methyl sites for hydroxylation is 1. The molecule has 6 heteroatoms. The molecule has 3 rings (SSSR count). The van der Waals surface area contributed by atoms with Gasteiger partial charge in [0.15, 0.2) is 6.10 Å². The largest absolute Gasteiger partial charge is 0.497 e. The highest BCUT2D eigenvalue weighted by molar-refractivity contribution is 6.31. The molecular formula is C22H26ClNO4. The second-order valence-electron chi connectivity index (χ2n) is 7.70. The lowest BCUT2D eigenvalue weighted by molar-refractivity contribution is -0.128. The van der Waals surface area contributed by atoms with Gasteiger partial charge in [0.25, 0.3) is 5.91 Å². The lowest BCUT2D eigenvalue weighted by Crippen LogP contribution is -2.44. The molecule has 1 aliphatic heterocycles. The summed E-state index contributed by atoms with van der Waals surface area (Å²) in [6.45, 7) is 7.65. The minimum Gasteiger partial charge on any atom is -0.497 e. The first kappa shape index (κ1) is 20.3. The van der Waals surface area contributed by atoms with Gasteiger partial charge in [0, 0.05) is 17.0 Å². The maximum Gasteiger partial charge on any atom is 0.261 e. The summed E-state index contributed by atoms with van der Waals surface area (Å²) in [5, 5.41) is 3.77. The Morgan fingerprint density at radius 2 is 1.96 bits per heavy atom. The van der Waals surface area contributed by atoms with E-state index in [1.807, 2.05) is 45.0 Å². The molecule has 0 aliphatic carbocycles. The van der Waals surface area contributed by atoms with E-state index in [2.05, 4.69) is 5.32 Å². The molecule has 1 N–H and O–H groups in total. The van der Waals surface area contributed by atoms with Crippen LogP contribution in [0.2, 0.25) is 5.02 Å². The molecular weight excluding hydrogens is 378 g/mol. The number of nitrogens with one attached hydrogen (secondary N) is 1. The topological polar surface area (TPSA) is 56.8 Å². The number of fused-ring (bicyclic) bond motifs is 1. The minimum atomic E-state index is -0.652. The summed E-state index contributed by atoms with van der Waals surface area (Å²) in [4.78, 5) is 12.8. The molecule has 0 fully saturated rings. The van der Waals surface area contributed by atoms with Crippen LogP contribution in [0.5, 0.6) is 17.2 Å². The summed E-state index contributed by atoms with van der Waals surface area (Å²) < 4.78 is 17.2. The van der Waals surface area contributed by atoms with E-state index in [0.29, 0.717) is 17.2 Å². The summed E-state index contributed by atoms with van der Waals surface area (Å²) in [5.41, 5.74) is 1.41. The molecule has 0 aromatic heterocycles. The van der Waals surface area contributed by atoms with Crippen molar-refractivity contribution in [2.45, 2.75) is 51.9 Å². The van der Waals surface area contributed by atoms with Gasteiger partial charge in [-0.05, 0) is 69.7 Å². The predicted octanol–water partition coefficient (Wildman–Crippen LogP) is 4.84. The Kier molecular flexibility index (Phi) is 5.75. The van der Waals surface area contributed by atoms with Crippen molar-refractivity contribution >= 4 is 17.5 Å². The van der Waals surface area contributed by atoms with Crippen molar-refractivity contribution in [1.29, 1.82) is 0 Å². The standard InChI is InChI=1S/C22H26ClNO4/c1-13-10-16(6-8-18(13)23)27-14(2)21(25)24-19-12-22(3,4)28-20-9-7-15(26-5)11-17(19)20/h6-11,14,19H,12H2,1-5H3,(H,24,25)/t14-,19+/m0/s1. The summed E-state index contributed by atoms with van der Waals surface area (Å²) in [6.07, 6.45) is -0.00771. The highest BCUT2D eigenvalue weighted by Gasteiger charge is 2.35. The molecule has 5 nitrogen and oxygen atoms in total. The summed E-state index contributed by atoms with van der Waals surface area (Å²) in [5.74, 6) is 1.90. The van der Waals surface area contributed by atoms with Crippen molar-refractivity contribution in [2.75, 3.05) is 7.11 Å². The Hall–Kier alpha value is -2.40. The van der Waals surface area contributed by atoms with Gasteiger partial charge >= 0.3 is 0 Å². The van der Waals surface area contributed by atoms with Crippen LogP contribution in [-0.2, 0) is 4.79 Å². The van der Waals surface area contributed by atoms with E-state index in [9.17, 15) is 4.79 Å². The average Bonchev–Trinajstić information content (AvgIpc) is 2.63. The van der Waals surface area contributed by atoms with Crippen LogP contribution >= 0.6 is 11.6 Å². The monoisotopic (exact) mass is 403 g/mol. The van der Waals surface area contributed by atoms with Gasteiger partial charge in [0.1, 0.15) is 22.8 Å². The highest BCUT2D eigenvalue weighted by Crippen LogP contribution is 2.41. The van der Waals surface area contributed by atoms with Crippen molar-refractivity contribution in [2.24, 2.45) is 0 Å². The third-order valence-electron chi connectivity index (χ3n) is 4.80. The van der Waals surface area contributed by atoms with Crippen molar-refractivity contribution in [1.82, 2.24) is 5.32 Å². The lowest BCUT2D eigenvalue weighted by atomic mass is 9.89. The Bertz CT molecular complexity index is 881. The van der Waals surface area contributed by atoms with Crippen LogP contribution in [0.1, 0.15) is 44.4 Å². The van der Waals surface area contributed by atoms with E-state index in [4.69, 9.17) is 25.8 Å². The number of carbonyl (C=O) groups excluding carboxylic acids is 1. The van der Waals surface area contributed by atoms with Crippen LogP contribution in [0, 0.1) is 6.92 Å². The Balaban J connectivity index is 1.76. The number of halogens is 1. The van der Waals surface area contributed by atoms with Gasteiger partial charge in [0.05, 0.1) is 13.2 Å². The lowest BCUT2D eigenvalue weighted by Gasteiger charge is -2.38. The van der Waals surface area contributed by atoms with Gasteiger partial charge in [-0.2, -0.15) is 0 Å². The summed E-state index contributed by atoms with van der Waals surface area (Å²) in [6, 6.07) is 10.8.